The molecule has 0 fully saturated rings. The normalized spacial score (nSPS) is 16.4. The van der Waals surface area contributed by atoms with Crippen LogP contribution in [0.5, 0.6) is 0 Å². The third-order valence-electron chi connectivity index (χ3n) is 5.27. The Morgan fingerprint density at radius 2 is 2.00 bits per heavy atom. The number of aryl methyl sites for hydroxylation is 1. The Morgan fingerprint density at radius 1 is 1.16 bits per heavy atom. The maximum Gasteiger partial charge on any atom is 0.412 e. The summed E-state index contributed by atoms with van der Waals surface area (Å²) >= 11 is 1.29. The molecule has 0 spiro atoms. The van der Waals surface area contributed by atoms with Crippen molar-refractivity contribution in [3.63, 3.8) is 0 Å². The van der Waals surface area contributed by atoms with Crippen LogP contribution in [-0.2, 0) is 20.7 Å². The molecule has 3 N–H and O–H groups in total. The van der Waals surface area contributed by atoms with Crippen LogP contribution in [0.25, 0.3) is 10.7 Å². The maximum atomic E-state index is 12.2. The molecule has 2 aliphatic rings. The van der Waals surface area contributed by atoms with Gasteiger partial charge in [-0.15, -0.1) is 21.6 Å². The highest BCUT2D eigenvalue weighted by Crippen LogP contribution is 2.30. The Kier molecular flexibility index (Phi) is 8.46. The van der Waals surface area contributed by atoms with Gasteiger partial charge >= 0.3 is 6.09 Å². The number of hydrogen-bond donors (Lipinski definition) is 3. The number of rotatable bonds is 10. The molecule has 0 saturated carbocycles. The van der Waals surface area contributed by atoms with E-state index < -0.39 is 11.7 Å². The fourth-order valence-corrected chi connectivity index (χ4v) is 4.38. The summed E-state index contributed by atoms with van der Waals surface area (Å²) in [4.78, 5) is 41.1. The molecule has 2 aromatic heterocycles. The van der Waals surface area contributed by atoms with E-state index in [-0.39, 0.29) is 24.2 Å². The Hall–Kier alpha value is -4.13. The number of carbonyl (C=O) groups excluding carboxylic acids is 3. The predicted octanol–water partition coefficient (Wildman–Crippen LogP) is 4.12. The number of amides is 3. The molecule has 2 aromatic rings. The molecular formula is C25H29N7O5S. The average Bonchev–Trinajstić information content (AvgIpc) is 3.52. The first kappa shape index (κ1) is 26.9. The second kappa shape index (κ2) is 11.9. The molecule has 3 heterocycles. The Bertz CT molecular complexity index is 1320. The van der Waals surface area contributed by atoms with Crippen molar-refractivity contribution in [2.24, 2.45) is 16.1 Å². The number of aromatic nitrogens is 2. The second-order valence-corrected chi connectivity index (χ2v) is 10.6. The van der Waals surface area contributed by atoms with Gasteiger partial charge in [0.25, 0.3) is 5.91 Å². The van der Waals surface area contributed by atoms with E-state index in [0.717, 1.165) is 5.57 Å². The van der Waals surface area contributed by atoms with Gasteiger partial charge in [-0.25, -0.2) is 4.79 Å². The number of fused-ring (bicyclic) bond motifs is 1. The number of ether oxygens (including phenoxy) is 1. The zero-order valence-corrected chi connectivity index (χ0v) is 22.1. The summed E-state index contributed by atoms with van der Waals surface area (Å²) in [6.45, 7) is 6.41. The molecule has 0 radical (unpaired) electrons. The monoisotopic (exact) mass is 539 g/mol. The van der Waals surface area contributed by atoms with Crippen molar-refractivity contribution in [1.82, 2.24) is 20.8 Å². The lowest BCUT2D eigenvalue weighted by Gasteiger charge is -2.20. The van der Waals surface area contributed by atoms with E-state index in [9.17, 15) is 14.4 Å². The fraction of sp³-hybridized carbons (Fsp3) is 0.400. The number of thiophene rings is 1. The van der Waals surface area contributed by atoms with Crippen molar-refractivity contribution >= 4 is 34.2 Å². The molecular weight excluding hydrogens is 510 g/mol. The standard InChI is InChI=1S/C25H29N7O5S/c1-25(2,3)36-24(35)29-20-12-9-17(38-20)22-28-19(37-32-22)11-10-18(33)26-13-6-14-27-21-15-7-4-5-8-16(15)23(34)31-30-21/h4-5,7-9,12,16,27H,6,10-11,13-14H2,1-3H3,(H,26,33)(H,29,35). The number of hydrogen-bond acceptors (Lipinski definition) is 10. The van der Waals surface area contributed by atoms with Crippen molar-refractivity contribution in [2.75, 3.05) is 18.4 Å². The summed E-state index contributed by atoms with van der Waals surface area (Å²) in [7, 11) is 0. The molecule has 13 heteroatoms. The highest BCUT2D eigenvalue weighted by Gasteiger charge is 2.27. The van der Waals surface area contributed by atoms with Crippen LogP contribution in [0.15, 0.2) is 62.6 Å². The molecule has 38 heavy (non-hydrogen) atoms. The third kappa shape index (κ3) is 7.44. The van der Waals surface area contributed by atoms with Crippen LogP contribution in [0.4, 0.5) is 9.80 Å². The first-order valence-electron chi connectivity index (χ1n) is 12.2. The summed E-state index contributed by atoms with van der Waals surface area (Å²) in [5.41, 5.74) is 0.209. The van der Waals surface area contributed by atoms with E-state index in [1.165, 1.54) is 11.3 Å². The Balaban J connectivity index is 1.16. The van der Waals surface area contributed by atoms with Crippen molar-refractivity contribution in [1.29, 1.82) is 0 Å². The van der Waals surface area contributed by atoms with Crippen molar-refractivity contribution in [3.05, 3.63) is 53.7 Å². The maximum absolute atomic E-state index is 12.2. The van der Waals surface area contributed by atoms with Gasteiger partial charge in [0.1, 0.15) is 5.60 Å². The van der Waals surface area contributed by atoms with E-state index in [2.05, 4.69) is 36.3 Å². The second-order valence-electron chi connectivity index (χ2n) is 9.50. The van der Waals surface area contributed by atoms with Crippen LogP contribution >= 0.6 is 11.3 Å². The van der Waals surface area contributed by atoms with Crippen LogP contribution in [0.1, 0.15) is 39.5 Å². The zero-order valence-electron chi connectivity index (χ0n) is 21.3. The molecule has 0 bridgehead atoms. The number of nitrogens with one attached hydrogen (secondary N) is 3. The first-order valence-corrected chi connectivity index (χ1v) is 13.0. The topological polar surface area (TPSA) is 160 Å². The summed E-state index contributed by atoms with van der Waals surface area (Å²) in [5.74, 6) is 0.517. The molecule has 0 aromatic carbocycles. The quantitative estimate of drug-likeness (QED) is 0.380. The van der Waals surface area contributed by atoms with Crippen LogP contribution in [0.3, 0.4) is 0 Å². The Labute approximate surface area is 223 Å². The third-order valence-corrected chi connectivity index (χ3v) is 6.26. The molecule has 12 nitrogen and oxygen atoms in total. The van der Waals surface area contributed by atoms with Gasteiger partial charge in [0.05, 0.1) is 15.8 Å². The van der Waals surface area contributed by atoms with Gasteiger partial charge in [0.2, 0.25) is 17.6 Å². The lowest BCUT2D eigenvalue weighted by molar-refractivity contribution is -0.121. The summed E-state index contributed by atoms with van der Waals surface area (Å²) < 4.78 is 10.5. The van der Waals surface area contributed by atoms with Crippen LogP contribution < -0.4 is 16.0 Å². The summed E-state index contributed by atoms with van der Waals surface area (Å²) in [6.07, 6.45) is 7.96. The minimum absolute atomic E-state index is 0.130. The predicted molar refractivity (Wildman–Crippen MR) is 140 cm³/mol. The van der Waals surface area contributed by atoms with Crippen LogP contribution in [0, 0.1) is 5.92 Å². The molecule has 1 aliphatic heterocycles. The summed E-state index contributed by atoms with van der Waals surface area (Å²) in [6, 6.07) is 3.51. The number of azo groups is 1. The number of allylic oxidation sites excluding steroid dienone is 3. The van der Waals surface area contributed by atoms with Crippen LogP contribution in [-0.4, -0.2) is 46.7 Å². The highest BCUT2D eigenvalue weighted by atomic mass is 32.1. The number of anilines is 1. The van der Waals surface area contributed by atoms with E-state index in [1.807, 2.05) is 18.2 Å². The van der Waals surface area contributed by atoms with Crippen molar-refractivity contribution < 1.29 is 23.6 Å². The van der Waals surface area contributed by atoms with E-state index >= 15 is 0 Å². The van der Waals surface area contributed by atoms with E-state index in [0.29, 0.717) is 53.3 Å². The molecule has 0 saturated heterocycles. The van der Waals surface area contributed by atoms with Gasteiger partial charge in [-0.3, -0.25) is 14.9 Å². The van der Waals surface area contributed by atoms with Gasteiger partial charge in [0, 0.05) is 31.5 Å². The Morgan fingerprint density at radius 3 is 2.82 bits per heavy atom. The van der Waals surface area contributed by atoms with Gasteiger partial charge < -0.3 is 19.9 Å². The smallest absolute Gasteiger partial charge is 0.412 e. The van der Waals surface area contributed by atoms with Gasteiger partial charge in [0.15, 0.2) is 5.82 Å². The molecule has 1 aliphatic carbocycles. The van der Waals surface area contributed by atoms with Gasteiger partial charge in [-0.2, -0.15) is 4.98 Å². The first-order chi connectivity index (χ1) is 18.2. The van der Waals surface area contributed by atoms with Crippen LogP contribution in [0.2, 0.25) is 0 Å². The largest absolute Gasteiger partial charge is 0.444 e. The zero-order chi connectivity index (χ0) is 27.1. The number of nitrogens with zero attached hydrogens (tertiary/aromatic N) is 4. The minimum Gasteiger partial charge on any atom is -0.444 e. The fourth-order valence-electron chi connectivity index (χ4n) is 3.56. The SMILES string of the molecule is CC(C)(C)OC(=O)Nc1ccc(-c2noc(CCC(=O)NCCCNC3=C4C=CC=CC4C(=O)N=N3)n2)s1. The lowest BCUT2D eigenvalue weighted by atomic mass is 9.93. The van der Waals surface area contributed by atoms with Crippen molar-refractivity contribution in [2.45, 2.75) is 45.6 Å². The lowest BCUT2D eigenvalue weighted by Crippen LogP contribution is -2.28. The molecule has 1 atom stereocenters. The molecule has 4 rings (SSSR count). The summed E-state index contributed by atoms with van der Waals surface area (Å²) in [5, 5.41) is 20.9. The average molecular weight is 540 g/mol. The minimum atomic E-state index is -0.590. The molecule has 200 valence electrons. The van der Waals surface area contributed by atoms with E-state index in [4.69, 9.17) is 9.26 Å². The molecule has 3 amide bonds. The number of carbonyl (C=O) groups is 3. The molecule has 1 unspecified atom stereocenters. The highest BCUT2D eigenvalue weighted by molar-refractivity contribution is 7.19. The van der Waals surface area contributed by atoms with E-state index in [1.54, 1.807) is 39.0 Å². The van der Waals surface area contributed by atoms with Gasteiger partial charge in [-0.1, -0.05) is 29.5 Å². The van der Waals surface area contributed by atoms with Gasteiger partial charge in [-0.05, 0) is 39.3 Å². The van der Waals surface area contributed by atoms with Crippen molar-refractivity contribution in [3.8, 4) is 10.7 Å².